The maximum Gasteiger partial charge on any atom is 0.0697 e. The van der Waals surface area contributed by atoms with Crippen molar-refractivity contribution in [2.75, 3.05) is 20.8 Å². The fourth-order valence-electron chi connectivity index (χ4n) is 0.972. The Morgan fingerprint density at radius 2 is 1.86 bits per heavy atom. The van der Waals surface area contributed by atoms with Gasteiger partial charge in [-0.2, -0.15) is 0 Å². The maximum absolute atomic E-state index is 5.69. The predicted molar refractivity (Wildman–Crippen MR) is 59.6 cm³/mol. The minimum atomic E-state index is -0.0808. The lowest BCUT2D eigenvalue weighted by atomic mass is 10.1. The van der Waals surface area contributed by atoms with Gasteiger partial charge >= 0.3 is 0 Å². The molecular formula is C11H25NO2. The summed E-state index contributed by atoms with van der Waals surface area (Å²) in [6.45, 7) is 9.09. The van der Waals surface area contributed by atoms with E-state index in [2.05, 4.69) is 33.0 Å². The molecule has 0 radical (unpaired) electrons. The molecule has 0 spiro atoms. The third kappa shape index (κ3) is 5.58. The summed E-state index contributed by atoms with van der Waals surface area (Å²) >= 11 is 0. The van der Waals surface area contributed by atoms with E-state index >= 15 is 0 Å². The van der Waals surface area contributed by atoms with Crippen molar-refractivity contribution in [3.63, 3.8) is 0 Å². The molecule has 3 heteroatoms. The molecule has 0 aromatic rings. The van der Waals surface area contributed by atoms with Crippen molar-refractivity contribution in [3.05, 3.63) is 0 Å². The van der Waals surface area contributed by atoms with E-state index in [4.69, 9.17) is 9.47 Å². The highest BCUT2D eigenvalue weighted by Gasteiger charge is 2.17. The van der Waals surface area contributed by atoms with E-state index in [1.807, 2.05) is 7.05 Å². The Bertz CT molecular complexity index is 148. The van der Waals surface area contributed by atoms with E-state index in [1.165, 1.54) is 0 Å². The van der Waals surface area contributed by atoms with Gasteiger partial charge in [0, 0.05) is 19.8 Å². The summed E-state index contributed by atoms with van der Waals surface area (Å²) in [7, 11) is 3.68. The molecule has 0 aromatic heterocycles. The van der Waals surface area contributed by atoms with Crippen LogP contribution in [0.4, 0.5) is 0 Å². The van der Waals surface area contributed by atoms with Gasteiger partial charge in [-0.15, -0.1) is 0 Å². The van der Waals surface area contributed by atoms with Gasteiger partial charge in [0.1, 0.15) is 0 Å². The van der Waals surface area contributed by atoms with Gasteiger partial charge in [0.05, 0.1) is 11.7 Å². The van der Waals surface area contributed by atoms with Crippen LogP contribution < -0.4 is 5.32 Å². The summed E-state index contributed by atoms with van der Waals surface area (Å²) in [6.07, 6.45) is 1.16. The Kier molecular flexibility index (Phi) is 6.33. The van der Waals surface area contributed by atoms with Gasteiger partial charge in [0.15, 0.2) is 0 Å². The Labute approximate surface area is 88.2 Å². The molecule has 0 heterocycles. The minimum Gasteiger partial charge on any atom is -0.379 e. The third-order valence-electron chi connectivity index (χ3n) is 2.80. The van der Waals surface area contributed by atoms with Crippen LogP contribution in [-0.2, 0) is 9.47 Å². The molecule has 1 N–H and O–H groups in total. The summed E-state index contributed by atoms with van der Waals surface area (Å²) in [5.74, 6) is 0. The lowest BCUT2D eigenvalue weighted by Crippen LogP contribution is -2.35. The smallest absolute Gasteiger partial charge is 0.0697 e. The second-order valence-corrected chi connectivity index (χ2v) is 4.37. The molecule has 0 saturated carbocycles. The Hall–Kier alpha value is -0.120. The van der Waals surface area contributed by atoms with Crippen molar-refractivity contribution in [1.29, 1.82) is 0 Å². The van der Waals surface area contributed by atoms with E-state index in [9.17, 15) is 0 Å². The van der Waals surface area contributed by atoms with Crippen LogP contribution in [0.15, 0.2) is 0 Å². The number of ether oxygens (including phenoxy) is 2. The average Bonchev–Trinajstić information content (AvgIpc) is 2.16. The third-order valence-corrected chi connectivity index (χ3v) is 2.80. The van der Waals surface area contributed by atoms with E-state index < -0.39 is 0 Å². The summed E-state index contributed by atoms with van der Waals surface area (Å²) in [4.78, 5) is 0. The Morgan fingerprint density at radius 3 is 2.29 bits per heavy atom. The quantitative estimate of drug-likeness (QED) is 0.684. The molecular weight excluding hydrogens is 178 g/mol. The van der Waals surface area contributed by atoms with Crippen molar-refractivity contribution < 1.29 is 9.47 Å². The van der Waals surface area contributed by atoms with Crippen molar-refractivity contribution in [3.8, 4) is 0 Å². The number of hydrogen-bond acceptors (Lipinski definition) is 3. The van der Waals surface area contributed by atoms with Crippen LogP contribution in [0.2, 0.25) is 0 Å². The van der Waals surface area contributed by atoms with Crippen molar-refractivity contribution in [1.82, 2.24) is 5.32 Å². The van der Waals surface area contributed by atoms with Crippen molar-refractivity contribution in [2.45, 2.75) is 51.9 Å². The standard InChI is InChI=1S/C11H25NO2/c1-9(12-5)10(2)14-8-7-11(3,4)13-6/h9-10,12H,7-8H2,1-6H3. The molecule has 2 unspecified atom stereocenters. The van der Waals surface area contributed by atoms with Gasteiger partial charge in [-0.25, -0.2) is 0 Å². The van der Waals surface area contributed by atoms with Crippen LogP contribution in [0.25, 0.3) is 0 Å². The first-order valence-corrected chi connectivity index (χ1v) is 5.27. The molecule has 0 saturated heterocycles. The van der Waals surface area contributed by atoms with Crippen LogP contribution in [0.3, 0.4) is 0 Å². The van der Waals surface area contributed by atoms with Gasteiger partial charge in [-0.3, -0.25) is 0 Å². The summed E-state index contributed by atoms with van der Waals surface area (Å²) < 4.78 is 11.0. The fourth-order valence-corrected chi connectivity index (χ4v) is 0.972. The first-order chi connectivity index (χ1) is 6.43. The van der Waals surface area contributed by atoms with E-state index in [0.717, 1.165) is 13.0 Å². The normalized spacial score (nSPS) is 16.7. The molecule has 0 rings (SSSR count). The molecule has 0 amide bonds. The average molecular weight is 203 g/mol. The highest BCUT2D eigenvalue weighted by molar-refractivity contribution is 4.69. The first-order valence-electron chi connectivity index (χ1n) is 5.27. The van der Waals surface area contributed by atoms with Crippen LogP contribution in [0.5, 0.6) is 0 Å². The molecule has 0 aliphatic rings. The lowest BCUT2D eigenvalue weighted by molar-refractivity contribution is -0.0285. The van der Waals surface area contributed by atoms with Crippen molar-refractivity contribution >= 4 is 0 Å². The molecule has 0 aromatic carbocycles. The predicted octanol–water partition coefficient (Wildman–Crippen LogP) is 1.81. The zero-order chi connectivity index (χ0) is 11.2. The summed E-state index contributed by atoms with van der Waals surface area (Å²) in [5.41, 5.74) is -0.0808. The molecule has 14 heavy (non-hydrogen) atoms. The molecule has 3 nitrogen and oxygen atoms in total. The maximum atomic E-state index is 5.69. The van der Waals surface area contributed by atoms with Crippen molar-refractivity contribution in [2.24, 2.45) is 0 Å². The van der Waals surface area contributed by atoms with E-state index in [0.29, 0.717) is 6.04 Å². The van der Waals surface area contributed by atoms with Crippen LogP contribution >= 0.6 is 0 Å². The second kappa shape index (κ2) is 6.38. The van der Waals surface area contributed by atoms with Gasteiger partial charge in [0.2, 0.25) is 0 Å². The number of nitrogens with one attached hydrogen (secondary N) is 1. The lowest BCUT2D eigenvalue weighted by Gasteiger charge is -2.25. The molecule has 2 atom stereocenters. The monoisotopic (exact) mass is 203 g/mol. The SMILES string of the molecule is CNC(C)C(C)OCCC(C)(C)OC. The topological polar surface area (TPSA) is 30.5 Å². The van der Waals surface area contributed by atoms with Gasteiger partial charge in [0.25, 0.3) is 0 Å². The van der Waals surface area contributed by atoms with Gasteiger partial charge in [-0.1, -0.05) is 0 Å². The van der Waals surface area contributed by atoms with E-state index in [-0.39, 0.29) is 11.7 Å². The molecule has 0 bridgehead atoms. The molecule has 0 fully saturated rings. The van der Waals surface area contributed by atoms with Crippen LogP contribution in [0, 0.1) is 0 Å². The largest absolute Gasteiger partial charge is 0.379 e. The first kappa shape index (κ1) is 13.9. The second-order valence-electron chi connectivity index (χ2n) is 4.37. The molecule has 86 valence electrons. The van der Waals surface area contributed by atoms with Gasteiger partial charge in [-0.05, 0) is 41.2 Å². The van der Waals surface area contributed by atoms with Crippen LogP contribution in [-0.4, -0.2) is 38.5 Å². The number of methoxy groups -OCH3 is 1. The number of rotatable bonds is 7. The number of hydrogen-bond donors (Lipinski definition) is 1. The molecule has 0 aliphatic carbocycles. The minimum absolute atomic E-state index is 0.0808. The zero-order valence-corrected chi connectivity index (χ0v) is 10.4. The zero-order valence-electron chi connectivity index (χ0n) is 10.4. The van der Waals surface area contributed by atoms with E-state index in [1.54, 1.807) is 7.11 Å². The van der Waals surface area contributed by atoms with Crippen LogP contribution in [0.1, 0.15) is 34.1 Å². The molecule has 0 aliphatic heterocycles. The number of likely N-dealkylation sites (N-methyl/N-ethyl adjacent to an activating group) is 1. The highest BCUT2D eigenvalue weighted by atomic mass is 16.5. The Balaban J connectivity index is 3.63. The van der Waals surface area contributed by atoms with Gasteiger partial charge < -0.3 is 14.8 Å². The summed E-state index contributed by atoms with van der Waals surface area (Å²) in [6, 6.07) is 0.389. The summed E-state index contributed by atoms with van der Waals surface area (Å²) in [5, 5.41) is 3.17. The fraction of sp³-hybridized carbons (Fsp3) is 1.00. The highest BCUT2D eigenvalue weighted by Crippen LogP contribution is 2.13. The Morgan fingerprint density at radius 1 is 1.29 bits per heavy atom.